The molecule has 0 aliphatic carbocycles. The van der Waals surface area contributed by atoms with E-state index in [0.717, 1.165) is 13.0 Å². The molecule has 1 aliphatic rings. The SMILES string of the molecule is COC(=O)C(C)=CCN1CCC(C(N)=O)C1. The number of amides is 1. The van der Waals surface area contributed by atoms with Crippen molar-refractivity contribution in [2.24, 2.45) is 11.7 Å². The van der Waals surface area contributed by atoms with Crippen molar-refractivity contribution in [3.63, 3.8) is 0 Å². The van der Waals surface area contributed by atoms with E-state index in [1.54, 1.807) is 6.92 Å². The van der Waals surface area contributed by atoms with Crippen LogP contribution in [0.3, 0.4) is 0 Å². The smallest absolute Gasteiger partial charge is 0.333 e. The summed E-state index contributed by atoms with van der Waals surface area (Å²) in [6.45, 7) is 3.90. The number of primary amides is 1. The number of hydrogen-bond donors (Lipinski definition) is 1. The zero-order valence-corrected chi connectivity index (χ0v) is 9.73. The number of esters is 1. The Balaban J connectivity index is 2.40. The van der Waals surface area contributed by atoms with Crippen LogP contribution < -0.4 is 5.73 Å². The molecule has 0 aromatic rings. The highest BCUT2D eigenvalue weighted by atomic mass is 16.5. The molecule has 5 heteroatoms. The van der Waals surface area contributed by atoms with Crippen LogP contribution in [0, 0.1) is 5.92 Å². The first-order chi connectivity index (χ1) is 7.54. The van der Waals surface area contributed by atoms with Gasteiger partial charge in [0.15, 0.2) is 0 Å². The lowest BCUT2D eigenvalue weighted by Crippen LogP contribution is -2.27. The summed E-state index contributed by atoms with van der Waals surface area (Å²) in [5.41, 5.74) is 5.82. The van der Waals surface area contributed by atoms with E-state index >= 15 is 0 Å². The summed E-state index contributed by atoms with van der Waals surface area (Å²) in [5.74, 6) is -0.603. The predicted molar refractivity (Wildman–Crippen MR) is 59.5 cm³/mol. The van der Waals surface area contributed by atoms with Gasteiger partial charge in [-0.3, -0.25) is 9.69 Å². The van der Waals surface area contributed by atoms with Gasteiger partial charge in [-0.2, -0.15) is 0 Å². The molecule has 0 aromatic carbocycles. The third kappa shape index (κ3) is 3.34. The number of carbonyl (C=O) groups excluding carboxylic acids is 2. The molecule has 16 heavy (non-hydrogen) atoms. The van der Waals surface area contributed by atoms with Gasteiger partial charge in [0.05, 0.1) is 13.0 Å². The molecule has 1 amide bonds. The third-order valence-electron chi connectivity index (χ3n) is 2.84. The van der Waals surface area contributed by atoms with Gasteiger partial charge in [0, 0.05) is 18.7 Å². The Morgan fingerprint density at radius 1 is 1.56 bits per heavy atom. The second kappa shape index (κ2) is 5.65. The number of rotatable bonds is 4. The van der Waals surface area contributed by atoms with Crippen molar-refractivity contribution in [1.82, 2.24) is 4.90 Å². The van der Waals surface area contributed by atoms with Crippen molar-refractivity contribution in [1.29, 1.82) is 0 Å². The second-order valence-electron chi connectivity index (χ2n) is 4.03. The van der Waals surface area contributed by atoms with E-state index in [1.165, 1.54) is 7.11 Å². The van der Waals surface area contributed by atoms with Gasteiger partial charge in [0.2, 0.25) is 5.91 Å². The fourth-order valence-electron chi connectivity index (χ4n) is 1.74. The Labute approximate surface area is 95.2 Å². The number of carbonyl (C=O) groups is 2. The summed E-state index contributed by atoms with van der Waals surface area (Å²) in [6, 6.07) is 0. The zero-order chi connectivity index (χ0) is 12.1. The summed E-state index contributed by atoms with van der Waals surface area (Å²) in [7, 11) is 1.36. The molecular formula is C11H18N2O3. The molecule has 1 atom stereocenters. The van der Waals surface area contributed by atoms with E-state index in [-0.39, 0.29) is 17.8 Å². The minimum Gasteiger partial charge on any atom is -0.466 e. The molecule has 0 radical (unpaired) electrons. The van der Waals surface area contributed by atoms with Gasteiger partial charge in [-0.15, -0.1) is 0 Å². The normalized spacial score (nSPS) is 22.1. The second-order valence-corrected chi connectivity index (χ2v) is 4.03. The van der Waals surface area contributed by atoms with Crippen LogP contribution in [0.1, 0.15) is 13.3 Å². The lowest BCUT2D eigenvalue weighted by molar-refractivity contribution is -0.136. The summed E-state index contributed by atoms with van der Waals surface area (Å²) in [4.78, 5) is 24.2. The Kier molecular flexibility index (Phi) is 4.49. The number of nitrogens with two attached hydrogens (primary N) is 1. The van der Waals surface area contributed by atoms with Gasteiger partial charge >= 0.3 is 5.97 Å². The molecule has 1 heterocycles. The van der Waals surface area contributed by atoms with Gasteiger partial charge in [-0.1, -0.05) is 6.08 Å². The first kappa shape index (κ1) is 12.7. The molecule has 0 saturated carbocycles. The molecule has 0 bridgehead atoms. The number of hydrogen-bond acceptors (Lipinski definition) is 4. The monoisotopic (exact) mass is 226 g/mol. The summed E-state index contributed by atoms with van der Waals surface area (Å²) in [6.07, 6.45) is 2.62. The van der Waals surface area contributed by atoms with Crippen molar-refractivity contribution in [2.45, 2.75) is 13.3 Å². The Hall–Kier alpha value is -1.36. The van der Waals surface area contributed by atoms with Crippen LogP contribution in [-0.2, 0) is 14.3 Å². The Bertz CT molecular complexity index is 312. The van der Waals surface area contributed by atoms with E-state index in [0.29, 0.717) is 18.7 Å². The van der Waals surface area contributed by atoms with Gasteiger partial charge in [-0.25, -0.2) is 4.79 Å². The van der Waals surface area contributed by atoms with E-state index in [2.05, 4.69) is 9.64 Å². The van der Waals surface area contributed by atoms with Gasteiger partial charge in [-0.05, 0) is 19.9 Å². The van der Waals surface area contributed by atoms with Crippen molar-refractivity contribution < 1.29 is 14.3 Å². The van der Waals surface area contributed by atoms with E-state index in [9.17, 15) is 9.59 Å². The number of methoxy groups -OCH3 is 1. The van der Waals surface area contributed by atoms with Crippen LogP contribution in [0.2, 0.25) is 0 Å². The molecule has 1 saturated heterocycles. The van der Waals surface area contributed by atoms with Crippen LogP contribution in [0.5, 0.6) is 0 Å². The number of nitrogens with zero attached hydrogens (tertiary/aromatic N) is 1. The van der Waals surface area contributed by atoms with Crippen molar-refractivity contribution in [3.05, 3.63) is 11.6 Å². The minimum absolute atomic E-state index is 0.0492. The largest absolute Gasteiger partial charge is 0.466 e. The third-order valence-corrected chi connectivity index (χ3v) is 2.84. The van der Waals surface area contributed by atoms with Crippen molar-refractivity contribution >= 4 is 11.9 Å². The van der Waals surface area contributed by atoms with E-state index in [4.69, 9.17) is 5.73 Å². The predicted octanol–water partition coefficient (Wildman–Crippen LogP) is -0.0871. The maximum absolute atomic E-state index is 11.1. The van der Waals surface area contributed by atoms with Gasteiger partial charge < -0.3 is 10.5 Å². The van der Waals surface area contributed by atoms with Crippen LogP contribution in [-0.4, -0.2) is 43.5 Å². The van der Waals surface area contributed by atoms with Crippen LogP contribution in [0.25, 0.3) is 0 Å². The minimum atomic E-state index is -0.314. The lowest BCUT2D eigenvalue weighted by atomic mass is 10.1. The first-order valence-electron chi connectivity index (χ1n) is 5.31. The van der Waals surface area contributed by atoms with Crippen molar-refractivity contribution in [2.75, 3.05) is 26.7 Å². The number of likely N-dealkylation sites (tertiary alicyclic amines) is 1. The molecule has 1 rings (SSSR count). The summed E-state index contributed by atoms with van der Waals surface area (Å²) in [5, 5.41) is 0. The number of ether oxygens (including phenoxy) is 1. The van der Waals surface area contributed by atoms with E-state index < -0.39 is 0 Å². The molecule has 5 nitrogen and oxygen atoms in total. The highest BCUT2D eigenvalue weighted by molar-refractivity contribution is 5.87. The average molecular weight is 226 g/mol. The van der Waals surface area contributed by atoms with Gasteiger partial charge in [0.25, 0.3) is 0 Å². The fourth-order valence-corrected chi connectivity index (χ4v) is 1.74. The maximum atomic E-state index is 11.1. The molecule has 0 spiro atoms. The lowest BCUT2D eigenvalue weighted by Gasteiger charge is -2.12. The Morgan fingerprint density at radius 3 is 2.75 bits per heavy atom. The molecule has 1 unspecified atom stereocenters. The van der Waals surface area contributed by atoms with Crippen molar-refractivity contribution in [3.8, 4) is 0 Å². The molecule has 90 valence electrons. The average Bonchev–Trinajstić information content (AvgIpc) is 2.73. The summed E-state index contributed by atoms with van der Waals surface area (Å²) < 4.78 is 4.59. The molecule has 2 N–H and O–H groups in total. The van der Waals surface area contributed by atoms with Crippen LogP contribution >= 0.6 is 0 Å². The van der Waals surface area contributed by atoms with E-state index in [1.807, 2.05) is 6.08 Å². The summed E-state index contributed by atoms with van der Waals surface area (Å²) >= 11 is 0. The van der Waals surface area contributed by atoms with Crippen LogP contribution in [0.15, 0.2) is 11.6 Å². The quantitative estimate of drug-likeness (QED) is 0.537. The highest BCUT2D eigenvalue weighted by Crippen LogP contribution is 2.15. The molecular weight excluding hydrogens is 208 g/mol. The maximum Gasteiger partial charge on any atom is 0.333 e. The van der Waals surface area contributed by atoms with Gasteiger partial charge in [0.1, 0.15) is 0 Å². The molecule has 1 aliphatic heterocycles. The highest BCUT2D eigenvalue weighted by Gasteiger charge is 2.25. The first-order valence-corrected chi connectivity index (χ1v) is 5.31. The van der Waals surface area contributed by atoms with Crippen LogP contribution in [0.4, 0.5) is 0 Å². The zero-order valence-electron chi connectivity index (χ0n) is 9.73. The topological polar surface area (TPSA) is 72.6 Å². The Morgan fingerprint density at radius 2 is 2.25 bits per heavy atom. The standard InChI is InChI=1S/C11H18N2O3/c1-8(11(15)16-2)3-5-13-6-4-9(7-13)10(12)14/h3,9H,4-7H2,1-2H3,(H2,12,14). The fraction of sp³-hybridized carbons (Fsp3) is 0.636. The molecule has 0 aromatic heterocycles. The molecule has 1 fully saturated rings.